The summed E-state index contributed by atoms with van der Waals surface area (Å²) in [6.07, 6.45) is -0.102. The normalized spacial score (nSPS) is 10.8. The van der Waals surface area contributed by atoms with E-state index in [9.17, 15) is 9.59 Å². The van der Waals surface area contributed by atoms with Crippen LogP contribution >= 0.6 is 0 Å². The molecule has 0 spiro atoms. The highest BCUT2D eigenvalue weighted by atomic mass is 16.4. The zero-order valence-corrected chi connectivity index (χ0v) is 12.0. The number of amides is 1. The molecule has 0 fully saturated rings. The van der Waals surface area contributed by atoms with Crippen molar-refractivity contribution in [1.29, 1.82) is 0 Å². The summed E-state index contributed by atoms with van der Waals surface area (Å²) in [5, 5.41) is 11.3. The molecule has 0 atom stereocenters. The fourth-order valence-corrected chi connectivity index (χ4v) is 2.32. The largest absolute Gasteiger partial charge is 0.481 e. The number of carboxylic acid groups (broad SMARTS) is 1. The average molecular weight is 266 g/mol. The van der Waals surface area contributed by atoms with Gasteiger partial charge in [-0.3, -0.25) is 9.59 Å². The zero-order valence-electron chi connectivity index (χ0n) is 12.0. The quantitative estimate of drug-likeness (QED) is 0.829. The number of aryl methyl sites for hydroxylation is 1. The van der Waals surface area contributed by atoms with Crippen LogP contribution in [0.3, 0.4) is 0 Å². The number of nitrogens with one attached hydrogen (secondary N) is 1. The van der Waals surface area contributed by atoms with E-state index in [2.05, 4.69) is 29.8 Å². The minimum atomic E-state index is -0.951. The van der Waals surface area contributed by atoms with Gasteiger partial charge in [0.05, 0.1) is 6.42 Å². The van der Waals surface area contributed by atoms with E-state index in [0.717, 1.165) is 11.3 Å². The van der Waals surface area contributed by atoms with E-state index in [-0.39, 0.29) is 18.7 Å². The maximum Gasteiger partial charge on any atom is 0.303 e. The molecule has 0 aliphatic carbocycles. The highest BCUT2D eigenvalue weighted by Crippen LogP contribution is 2.19. The summed E-state index contributed by atoms with van der Waals surface area (Å²) in [5.74, 6) is -1.18. The first-order valence-electron chi connectivity index (χ1n) is 6.48. The van der Waals surface area contributed by atoms with Crippen molar-refractivity contribution in [3.63, 3.8) is 0 Å². The lowest BCUT2D eigenvalue weighted by Crippen LogP contribution is -2.23. The predicted molar refractivity (Wildman–Crippen MR) is 73.0 cm³/mol. The lowest BCUT2D eigenvalue weighted by molar-refractivity contribution is -0.138. The Hall–Kier alpha value is -1.78. The van der Waals surface area contributed by atoms with Gasteiger partial charge in [-0.1, -0.05) is 0 Å². The third-order valence-electron chi connectivity index (χ3n) is 3.15. The van der Waals surface area contributed by atoms with Crippen LogP contribution in [0.15, 0.2) is 6.07 Å². The number of carbonyl (C=O) groups is 2. The van der Waals surface area contributed by atoms with Crippen LogP contribution in [-0.2, 0) is 16.1 Å². The Balaban J connectivity index is 2.61. The van der Waals surface area contributed by atoms with Gasteiger partial charge in [0.15, 0.2) is 0 Å². The molecule has 5 heteroatoms. The molecule has 19 heavy (non-hydrogen) atoms. The van der Waals surface area contributed by atoms with Gasteiger partial charge in [0.25, 0.3) is 0 Å². The third-order valence-corrected chi connectivity index (χ3v) is 3.15. The Morgan fingerprint density at radius 1 is 1.32 bits per heavy atom. The molecule has 106 valence electrons. The Morgan fingerprint density at radius 3 is 2.42 bits per heavy atom. The maximum atomic E-state index is 11.5. The van der Waals surface area contributed by atoms with Crippen molar-refractivity contribution in [2.45, 2.75) is 53.1 Å². The fraction of sp³-hybridized carbons (Fsp3) is 0.571. The number of aliphatic carboxylic acids is 1. The van der Waals surface area contributed by atoms with Gasteiger partial charge in [-0.15, -0.1) is 0 Å². The number of hydrogen-bond acceptors (Lipinski definition) is 2. The zero-order chi connectivity index (χ0) is 14.6. The van der Waals surface area contributed by atoms with Crippen LogP contribution in [0.1, 0.15) is 49.7 Å². The van der Waals surface area contributed by atoms with E-state index >= 15 is 0 Å². The van der Waals surface area contributed by atoms with Gasteiger partial charge in [-0.2, -0.15) is 0 Å². The molecule has 1 aromatic heterocycles. The second-order valence-corrected chi connectivity index (χ2v) is 5.03. The molecule has 0 aliphatic heterocycles. The molecule has 0 bridgehead atoms. The Bertz CT molecular complexity index is 475. The van der Waals surface area contributed by atoms with Gasteiger partial charge >= 0.3 is 5.97 Å². The smallest absolute Gasteiger partial charge is 0.303 e. The summed E-state index contributed by atoms with van der Waals surface area (Å²) in [7, 11) is 0. The summed E-state index contributed by atoms with van der Waals surface area (Å²) < 4.78 is 2.22. The number of nitrogens with zero attached hydrogens (tertiary/aromatic N) is 1. The Labute approximate surface area is 113 Å². The van der Waals surface area contributed by atoms with Crippen molar-refractivity contribution < 1.29 is 14.7 Å². The molecule has 0 saturated carbocycles. The lowest BCUT2D eigenvalue weighted by atomic mass is 10.2. The van der Waals surface area contributed by atoms with E-state index in [1.807, 2.05) is 13.8 Å². The summed E-state index contributed by atoms with van der Waals surface area (Å²) in [6, 6.07) is 2.45. The molecule has 0 unspecified atom stereocenters. The van der Waals surface area contributed by atoms with Crippen LogP contribution in [0.2, 0.25) is 0 Å². The van der Waals surface area contributed by atoms with Crippen molar-refractivity contribution in [2.24, 2.45) is 0 Å². The van der Waals surface area contributed by atoms with Crippen molar-refractivity contribution in [3.8, 4) is 0 Å². The second-order valence-electron chi connectivity index (χ2n) is 5.03. The number of rotatable bonds is 6. The predicted octanol–water partition coefficient (Wildman–Crippen LogP) is 2.17. The minimum Gasteiger partial charge on any atom is -0.481 e. The summed E-state index contributed by atoms with van der Waals surface area (Å²) in [5.41, 5.74) is 3.39. The monoisotopic (exact) mass is 266 g/mol. The first-order chi connectivity index (χ1) is 8.82. The van der Waals surface area contributed by atoms with Gasteiger partial charge in [0.2, 0.25) is 5.91 Å². The number of aromatic nitrogens is 1. The van der Waals surface area contributed by atoms with Crippen LogP contribution in [-0.4, -0.2) is 21.6 Å². The van der Waals surface area contributed by atoms with Crippen molar-refractivity contribution in [2.75, 3.05) is 0 Å². The van der Waals surface area contributed by atoms with Crippen LogP contribution in [0.5, 0.6) is 0 Å². The van der Waals surface area contributed by atoms with E-state index in [1.165, 1.54) is 5.69 Å². The number of hydrogen-bond donors (Lipinski definition) is 2. The van der Waals surface area contributed by atoms with Crippen LogP contribution in [0.4, 0.5) is 0 Å². The topological polar surface area (TPSA) is 71.3 Å². The molecule has 2 N–H and O–H groups in total. The van der Waals surface area contributed by atoms with Crippen molar-refractivity contribution >= 4 is 11.9 Å². The van der Waals surface area contributed by atoms with E-state index in [4.69, 9.17) is 5.11 Å². The molecule has 0 saturated heterocycles. The summed E-state index contributed by atoms with van der Waals surface area (Å²) in [4.78, 5) is 21.8. The molecule has 1 aromatic rings. The van der Waals surface area contributed by atoms with E-state index < -0.39 is 5.97 Å². The highest BCUT2D eigenvalue weighted by Gasteiger charge is 2.12. The molecule has 1 rings (SSSR count). The summed E-state index contributed by atoms with van der Waals surface area (Å²) >= 11 is 0. The number of carboxylic acids is 1. The first kappa shape index (κ1) is 15.3. The van der Waals surface area contributed by atoms with Crippen molar-refractivity contribution in [1.82, 2.24) is 9.88 Å². The van der Waals surface area contributed by atoms with Gasteiger partial charge in [0.1, 0.15) is 0 Å². The molecular formula is C14H22N2O3. The molecular weight excluding hydrogens is 244 g/mol. The van der Waals surface area contributed by atoms with Gasteiger partial charge in [-0.05, 0) is 39.3 Å². The lowest BCUT2D eigenvalue weighted by Gasteiger charge is -2.14. The van der Waals surface area contributed by atoms with Gasteiger partial charge in [-0.25, -0.2) is 0 Å². The summed E-state index contributed by atoms with van der Waals surface area (Å²) in [6.45, 7) is 8.77. The Kier molecular flexibility index (Phi) is 5.15. The van der Waals surface area contributed by atoms with E-state index in [1.54, 1.807) is 0 Å². The third kappa shape index (κ3) is 4.12. The molecule has 0 aliphatic rings. The van der Waals surface area contributed by atoms with E-state index in [0.29, 0.717) is 12.6 Å². The maximum absolute atomic E-state index is 11.5. The molecule has 0 radical (unpaired) electrons. The average Bonchev–Trinajstić information content (AvgIpc) is 2.58. The Morgan fingerprint density at radius 2 is 1.95 bits per heavy atom. The molecule has 5 nitrogen and oxygen atoms in total. The van der Waals surface area contributed by atoms with Crippen LogP contribution in [0, 0.1) is 13.8 Å². The van der Waals surface area contributed by atoms with Gasteiger partial charge < -0.3 is 15.0 Å². The standard InChI is InChI=1S/C14H22N2O3/c1-9(2)16-10(3)7-12(11(16)4)8-15-13(17)5-6-14(18)19/h7,9H,5-6,8H2,1-4H3,(H,15,17)(H,18,19). The van der Waals surface area contributed by atoms with Crippen LogP contribution in [0.25, 0.3) is 0 Å². The van der Waals surface area contributed by atoms with Crippen molar-refractivity contribution in [3.05, 3.63) is 23.0 Å². The van der Waals surface area contributed by atoms with Gasteiger partial charge in [0, 0.05) is 30.4 Å². The molecule has 0 aromatic carbocycles. The molecule has 1 heterocycles. The second kappa shape index (κ2) is 6.41. The van der Waals surface area contributed by atoms with Crippen LogP contribution < -0.4 is 5.32 Å². The first-order valence-corrected chi connectivity index (χ1v) is 6.48. The highest BCUT2D eigenvalue weighted by molar-refractivity contribution is 5.80. The number of carbonyl (C=O) groups excluding carboxylic acids is 1. The minimum absolute atomic E-state index is 0.0260. The SMILES string of the molecule is Cc1cc(CNC(=O)CCC(=O)O)c(C)n1C(C)C. The molecule has 1 amide bonds. The fourth-order valence-electron chi connectivity index (χ4n) is 2.32.